The van der Waals surface area contributed by atoms with E-state index in [2.05, 4.69) is 0 Å². The highest BCUT2D eigenvalue weighted by Gasteiger charge is 2.20. The lowest BCUT2D eigenvalue weighted by atomic mass is 10.1. The van der Waals surface area contributed by atoms with Gasteiger partial charge in [-0.2, -0.15) is 0 Å². The van der Waals surface area contributed by atoms with Crippen LogP contribution in [0.2, 0.25) is 0 Å². The Morgan fingerprint density at radius 1 is 1.09 bits per heavy atom. The molecule has 2 rings (SSSR count). The molecule has 0 saturated heterocycles. The minimum absolute atomic E-state index is 0.208. The van der Waals surface area contributed by atoms with Crippen molar-refractivity contribution in [3.05, 3.63) is 65.2 Å². The molecule has 0 spiro atoms. The highest BCUT2D eigenvalue weighted by Crippen LogP contribution is 2.23. The maximum Gasteiger partial charge on any atom is 0.254 e. The first-order chi connectivity index (χ1) is 10.4. The first-order valence-electron chi connectivity index (χ1n) is 6.80. The number of methoxy groups -OCH3 is 1. The zero-order chi connectivity index (χ0) is 16.3. The number of hydrogen-bond acceptors (Lipinski definition) is 2. The number of halogens is 2. The fourth-order valence-electron chi connectivity index (χ4n) is 2.11. The van der Waals surface area contributed by atoms with Crippen molar-refractivity contribution in [1.82, 2.24) is 4.90 Å². The molecule has 0 aliphatic rings. The van der Waals surface area contributed by atoms with Crippen LogP contribution in [0.4, 0.5) is 8.78 Å². The standard InChI is InChI=1S/C17H17F2NO2/c1-11(13-6-9-15(18)16(19)10-13)20(2)17(21)12-4-7-14(22-3)8-5-12/h4-11H,1-3H3. The third-order valence-corrected chi connectivity index (χ3v) is 3.66. The molecule has 0 aliphatic carbocycles. The lowest BCUT2D eigenvalue weighted by molar-refractivity contribution is 0.0742. The zero-order valence-electron chi connectivity index (χ0n) is 12.6. The molecule has 0 bridgehead atoms. The van der Waals surface area contributed by atoms with Crippen LogP contribution in [0.3, 0.4) is 0 Å². The second-order valence-electron chi connectivity index (χ2n) is 4.99. The molecule has 0 aliphatic heterocycles. The number of benzene rings is 2. The molecule has 0 heterocycles. The number of nitrogens with zero attached hydrogens (tertiary/aromatic N) is 1. The van der Waals surface area contributed by atoms with Crippen LogP contribution in [0.15, 0.2) is 42.5 Å². The van der Waals surface area contributed by atoms with Crippen LogP contribution in [-0.4, -0.2) is 25.0 Å². The molecule has 0 saturated carbocycles. The number of hydrogen-bond donors (Lipinski definition) is 0. The summed E-state index contributed by atoms with van der Waals surface area (Å²) in [5, 5.41) is 0. The molecule has 1 atom stereocenters. The van der Waals surface area contributed by atoms with Crippen LogP contribution in [0.25, 0.3) is 0 Å². The van der Waals surface area contributed by atoms with Gasteiger partial charge in [0.25, 0.3) is 5.91 Å². The molecule has 3 nitrogen and oxygen atoms in total. The van der Waals surface area contributed by atoms with Crippen molar-refractivity contribution in [3.63, 3.8) is 0 Å². The summed E-state index contributed by atoms with van der Waals surface area (Å²) in [7, 11) is 3.17. The third kappa shape index (κ3) is 3.24. The fraction of sp³-hybridized carbons (Fsp3) is 0.235. The van der Waals surface area contributed by atoms with E-state index in [-0.39, 0.29) is 11.9 Å². The second kappa shape index (κ2) is 6.56. The SMILES string of the molecule is COc1ccc(C(=O)N(C)C(C)c2ccc(F)c(F)c2)cc1. The van der Waals surface area contributed by atoms with E-state index in [9.17, 15) is 13.6 Å². The second-order valence-corrected chi connectivity index (χ2v) is 4.99. The predicted octanol–water partition coefficient (Wildman–Crippen LogP) is 3.81. The lowest BCUT2D eigenvalue weighted by Gasteiger charge is -2.25. The monoisotopic (exact) mass is 305 g/mol. The minimum atomic E-state index is -0.922. The maximum absolute atomic E-state index is 13.3. The van der Waals surface area contributed by atoms with Gasteiger partial charge in [-0.3, -0.25) is 4.79 Å². The average molecular weight is 305 g/mol. The van der Waals surface area contributed by atoms with Gasteiger partial charge in [0.2, 0.25) is 0 Å². The smallest absolute Gasteiger partial charge is 0.254 e. The molecule has 22 heavy (non-hydrogen) atoms. The molecular formula is C17H17F2NO2. The Bertz CT molecular complexity index is 671. The molecule has 2 aromatic rings. The molecular weight excluding hydrogens is 288 g/mol. The van der Waals surface area contributed by atoms with Gasteiger partial charge in [0.15, 0.2) is 11.6 Å². The number of carbonyl (C=O) groups is 1. The molecule has 5 heteroatoms. The minimum Gasteiger partial charge on any atom is -0.497 e. The van der Waals surface area contributed by atoms with E-state index >= 15 is 0 Å². The summed E-state index contributed by atoms with van der Waals surface area (Å²) < 4.78 is 31.4. The van der Waals surface area contributed by atoms with E-state index < -0.39 is 11.6 Å². The largest absolute Gasteiger partial charge is 0.497 e. The van der Waals surface area contributed by atoms with Gasteiger partial charge >= 0.3 is 0 Å². The number of rotatable bonds is 4. The Morgan fingerprint density at radius 3 is 2.27 bits per heavy atom. The quantitative estimate of drug-likeness (QED) is 0.859. The van der Waals surface area contributed by atoms with E-state index in [4.69, 9.17) is 4.74 Å². The first-order valence-corrected chi connectivity index (χ1v) is 6.80. The first kappa shape index (κ1) is 15.9. The van der Waals surface area contributed by atoms with Crippen LogP contribution in [0.1, 0.15) is 28.9 Å². The summed E-state index contributed by atoms with van der Waals surface area (Å²) >= 11 is 0. The van der Waals surface area contributed by atoms with Gasteiger partial charge in [-0.15, -0.1) is 0 Å². The summed E-state index contributed by atoms with van der Waals surface area (Å²) in [5.74, 6) is -1.37. The Labute approximate surface area is 128 Å². The van der Waals surface area contributed by atoms with Gasteiger partial charge in [-0.25, -0.2) is 8.78 Å². The van der Waals surface area contributed by atoms with Crippen LogP contribution in [-0.2, 0) is 0 Å². The average Bonchev–Trinajstić information content (AvgIpc) is 2.55. The Morgan fingerprint density at radius 2 is 1.73 bits per heavy atom. The molecule has 0 fully saturated rings. The molecule has 0 N–H and O–H groups in total. The van der Waals surface area contributed by atoms with E-state index in [0.717, 1.165) is 12.1 Å². The van der Waals surface area contributed by atoms with E-state index in [0.29, 0.717) is 16.9 Å². The number of ether oxygens (including phenoxy) is 1. The lowest BCUT2D eigenvalue weighted by Crippen LogP contribution is -2.29. The Balaban J connectivity index is 2.19. The van der Waals surface area contributed by atoms with E-state index in [1.807, 2.05) is 0 Å². The van der Waals surface area contributed by atoms with Crippen molar-refractivity contribution >= 4 is 5.91 Å². The Kier molecular flexibility index (Phi) is 4.75. The van der Waals surface area contributed by atoms with E-state index in [1.54, 1.807) is 45.3 Å². The van der Waals surface area contributed by atoms with Crippen LogP contribution >= 0.6 is 0 Å². The maximum atomic E-state index is 13.3. The van der Waals surface area contributed by atoms with Gasteiger partial charge in [-0.1, -0.05) is 6.07 Å². The summed E-state index contributed by atoms with van der Waals surface area (Å²) in [6.07, 6.45) is 0. The highest BCUT2D eigenvalue weighted by molar-refractivity contribution is 5.94. The number of amides is 1. The van der Waals surface area contributed by atoms with Crippen LogP contribution in [0.5, 0.6) is 5.75 Å². The Hall–Kier alpha value is -2.43. The summed E-state index contributed by atoms with van der Waals surface area (Å²) in [6, 6.07) is 9.98. The van der Waals surface area contributed by atoms with Gasteiger partial charge < -0.3 is 9.64 Å². The van der Waals surface area contributed by atoms with Crippen LogP contribution < -0.4 is 4.74 Å². The molecule has 116 valence electrons. The van der Waals surface area contributed by atoms with E-state index in [1.165, 1.54) is 11.0 Å². The number of carbonyl (C=O) groups excluding carboxylic acids is 1. The predicted molar refractivity (Wildman–Crippen MR) is 79.9 cm³/mol. The molecule has 0 aromatic heterocycles. The summed E-state index contributed by atoms with van der Waals surface area (Å²) in [4.78, 5) is 13.9. The summed E-state index contributed by atoms with van der Waals surface area (Å²) in [6.45, 7) is 1.76. The molecule has 1 unspecified atom stereocenters. The van der Waals surface area contributed by atoms with Crippen molar-refractivity contribution < 1.29 is 18.3 Å². The fourth-order valence-corrected chi connectivity index (χ4v) is 2.11. The molecule has 0 radical (unpaired) electrons. The zero-order valence-corrected chi connectivity index (χ0v) is 12.6. The van der Waals surface area contributed by atoms with Crippen LogP contribution in [0, 0.1) is 11.6 Å². The highest BCUT2D eigenvalue weighted by atomic mass is 19.2. The van der Waals surface area contributed by atoms with Crippen molar-refractivity contribution in [2.75, 3.05) is 14.2 Å². The van der Waals surface area contributed by atoms with Gasteiger partial charge in [0, 0.05) is 12.6 Å². The van der Waals surface area contributed by atoms with Crippen molar-refractivity contribution in [1.29, 1.82) is 0 Å². The van der Waals surface area contributed by atoms with Crippen molar-refractivity contribution in [3.8, 4) is 5.75 Å². The van der Waals surface area contributed by atoms with Gasteiger partial charge in [0.1, 0.15) is 5.75 Å². The molecule has 1 amide bonds. The van der Waals surface area contributed by atoms with Gasteiger partial charge in [-0.05, 0) is 48.9 Å². The topological polar surface area (TPSA) is 29.5 Å². The van der Waals surface area contributed by atoms with Gasteiger partial charge in [0.05, 0.1) is 13.2 Å². The third-order valence-electron chi connectivity index (χ3n) is 3.66. The summed E-state index contributed by atoms with van der Waals surface area (Å²) in [5.41, 5.74) is 1.03. The molecule has 2 aromatic carbocycles. The van der Waals surface area contributed by atoms with Crippen molar-refractivity contribution in [2.24, 2.45) is 0 Å². The van der Waals surface area contributed by atoms with Crippen molar-refractivity contribution in [2.45, 2.75) is 13.0 Å². The normalized spacial score (nSPS) is 11.9.